The number of hydrogen-bond donors (Lipinski definition) is 1. The third-order valence-electron chi connectivity index (χ3n) is 9.15. The normalized spacial score (nSPS) is 19.0. The van der Waals surface area contributed by atoms with Gasteiger partial charge in [-0.25, -0.2) is 13.9 Å². The van der Waals surface area contributed by atoms with Gasteiger partial charge in [0.25, 0.3) is 0 Å². The van der Waals surface area contributed by atoms with Crippen LogP contribution in [0.4, 0.5) is 14.9 Å². The summed E-state index contributed by atoms with van der Waals surface area (Å²) in [5, 5.41) is 14.0. The number of halogens is 2. The number of aromatic nitrogens is 3. The molecule has 4 aromatic carbocycles. The molecule has 2 unspecified atom stereocenters. The number of nitrogens with one attached hydrogen (secondary N) is 1. The number of anilines is 1. The quantitative estimate of drug-likeness (QED) is 0.208. The van der Waals surface area contributed by atoms with Crippen LogP contribution in [0.1, 0.15) is 50.4 Å². The number of amides is 3. The molecular weight excluding hydrogens is 675 g/mol. The van der Waals surface area contributed by atoms with Crippen LogP contribution in [-0.4, -0.2) is 74.5 Å². The zero-order chi connectivity index (χ0) is 36.0. The van der Waals surface area contributed by atoms with Crippen LogP contribution < -0.4 is 10.1 Å². The average molecular weight is 711 g/mol. The highest BCUT2D eigenvalue weighted by atomic mass is 35.5. The van der Waals surface area contributed by atoms with Crippen molar-refractivity contribution in [1.29, 1.82) is 0 Å². The fourth-order valence-electron chi connectivity index (χ4n) is 6.92. The van der Waals surface area contributed by atoms with Crippen LogP contribution in [0.2, 0.25) is 5.02 Å². The van der Waals surface area contributed by atoms with Gasteiger partial charge in [-0.2, -0.15) is 0 Å². The van der Waals surface area contributed by atoms with Crippen LogP contribution in [0.5, 0.6) is 5.75 Å². The van der Waals surface area contributed by atoms with Gasteiger partial charge in [-0.15, -0.1) is 5.10 Å². The lowest BCUT2D eigenvalue weighted by atomic mass is 9.94. The van der Waals surface area contributed by atoms with E-state index in [1.54, 1.807) is 75.2 Å². The summed E-state index contributed by atoms with van der Waals surface area (Å²) in [7, 11) is 1.62. The first kappa shape index (κ1) is 34.0. The van der Waals surface area contributed by atoms with E-state index in [4.69, 9.17) is 21.1 Å². The van der Waals surface area contributed by atoms with Crippen LogP contribution >= 0.6 is 11.6 Å². The maximum atomic E-state index is 15.6. The Bertz CT molecular complexity index is 2170. The highest BCUT2D eigenvalue weighted by Crippen LogP contribution is 2.41. The molecule has 0 radical (unpaired) electrons. The van der Waals surface area contributed by atoms with Gasteiger partial charge in [0.1, 0.15) is 35.4 Å². The molecule has 1 saturated heterocycles. The maximum absolute atomic E-state index is 15.6. The van der Waals surface area contributed by atoms with E-state index in [0.29, 0.717) is 22.0 Å². The summed E-state index contributed by atoms with van der Waals surface area (Å²) in [4.78, 5) is 44.6. The number of fused-ring (bicyclic) bond motifs is 2. The van der Waals surface area contributed by atoms with Crippen LogP contribution in [-0.2, 0) is 14.3 Å². The lowest BCUT2D eigenvalue weighted by molar-refractivity contribution is -0.140. The highest BCUT2D eigenvalue weighted by Gasteiger charge is 2.47. The van der Waals surface area contributed by atoms with Crippen molar-refractivity contribution in [3.63, 3.8) is 0 Å². The second kappa shape index (κ2) is 13.3. The summed E-state index contributed by atoms with van der Waals surface area (Å²) in [5.74, 6) is -0.861. The summed E-state index contributed by atoms with van der Waals surface area (Å²) < 4.78 is 28.6. The molecule has 3 atom stereocenters. The van der Waals surface area contributed by atoms with Gasteiger partial charge in [-0.05, 0) is 62.6 Å². The van der Waals surface area contributed by atoms with Gasteiger partial charge >= 0.3 is 6.09 Å². The molecule has 262 valence electrons. The summed E-state index contributed by atoms with van der Waals surface area (Å²) in [5.41, 5.74) is 1.61. The van der Waals surface area contributed by atoms with E-state index < -0.39 is 54.0 Å². The number of likely N-dealkylation sites (tertiary alicyclic amines) is 1. The van der Waals surface area contributed by atoms with E-state index in [2.05, 4.69) is 15.6 Å². The topological polar surface area (TPSA) is 119 Å². The number of ether oxygens (including phenoxy) is 2. The summed E-state index contributed by atoms with van der Waals surface area (Å²) in [6.07, 6.45) is 1.23. The molecule has 7 rings (SSSR count). The van der Waals surface area contributed by atoms with Gasteiger partial charge in [0.05, 0.1) is 25.4 Å². The standard InChI is InChI=1S/C38H36ClFN6O5/c1-38(2,3)51-37(49)44-19-23(46-20-31(42-43-46)25-14-16-33(50-4)26-10-6-5-9-24(25)26)18-32(44)36(48)45-21-34(47)41-30-15-13-22(39)17-28(30)35(45)27-11-7-8-12-29(27)40/h5-17,20,23,32,35H,18-19,21H2,1-4H3,(H,41,47)/t23?,32-,35?/m0/s1. The predicted molar refractivity (Wildman–Crippen MR) is 190 cm³/mol. The molecule has 2 aliphatic rings. The number of methoxy groups -OCH3 is 1. The zero-order valence-corrected chi connectivity index (χ0v) is 29.2. The minimum Gasteiger partial charge on any atom is -0.496 e. The number of carbonyl (C=O) groups is 3. The van der Waals surface area contributed by atoms with Crippen molar-refractivity contribution in [2.24, 2.45) is 0 Å². The summed E-state index contributed by atoms with van der Waals surface area (Å²) in [6.45, 7) is 4.90. The molecule has 1 N–H and O–H groups in total. The Hall–Kier alpha value is -5.49. The first-order chi connectivity index (χ1) is 24.4. The molecular formula is C38H36ClFN6O5. The number of rotatable bonds is 5. The second-order valence-electron chi connectivity index (χ2n) is 13.7. The maximum Gasteiger partial charge on any atom is 0.411 e. The van der Waals surface area contributed by atoms with Crippen molar-refractivity contribution in [1.82, 2.24) is 24.8 Å². The summed E-state index contributed by atoms with van der Waals surface area (Å²) in [6, 6.07) is 20.0. The van der Waals surface area contributed by atoms with E-state index >= 15 is 4.39 Å². The molecule has 0 aliphatic carbocycles. The largest absolute Gasteiger partial charge is 0.496 e. The van der Waals surface area contributed by atoms with Crippen molar-refractivity contribution in [3.8, 4) is 17.0 Å². The Morgan fingerprint density at radius 1 is 0.961 bits per heavy atom. The van der Waals surface area contributed by atoms with Crippen molar-refractivity contribution >= 4 is 46.0 Å². The second-order valence-corrected chi connectivity index (χ2v) is 14.1. The van der Waals surface area contributed by atoms with Crippen molar-refractivity contribution in [2.45, 2.75) is 50.9 Å². The van der Waals surface area contributed by atoms with E-state index in [0.717, 1.165) is 22.1 Å². The molecule has 1 fully saturated rings. The molecule has 0 bridgehead atoms. The van der Waals surface area contributed by atoms with Gasteiger partial charge in [0, 0.05) is 45.8 Å². The van der Waals surface area contributed by atoms with Gasteiger partial charge in [0.15, 0.2) is 0 Å². The Labute approximate surface area is 298 Å². The minimum absolute atomic E-state index is 0.0737. The van der Waals surface area contributed by atoms with Crippen molar-refractivity contribution < 1.29 is 28.2 Å². The molecule has 3 heterocycles. The number of benzene rings is 4. The molecule has 5 aromatic rings. The third-order valence-corrected chi connectivity index (χ3v) is 9.38. The van der Waals surface area contributed by atoms with E-state index in [1.807, 2.05) is 36.4 Å². The van der Waals surface area contributed by atoms with Gasteiger partial charge in [0.2, 0.25) is 11.8 Å². The SMILES string of the molecule is COc1ccc(-c2cn(C3C[C@@H](C(=O)N4CC(=O)Nc5ccc(Cl)cc5C4c4ccccc4F)N(C(=O)OC(C)(C)C)C3)nn2)c2ccccc12. The van der Waals surface area contributed by atoms with Gasteiger partial charge in [-0.1, -0.05) is 59.3 Å². The van der Waals surface area contributed by atoms with Crippen LogP contribution in [0, 0.1) is 5.82 Å². The Balaban J connectivity index is 1.27. The van der Waals surface area contributed by atoms with Crippen LogP contribution in [0.25, 0.3) is 22.0 Å². The van der Waals surface area contributed by atoms with Gasteiger partial charge < -0.3 is 19.7 Å². The van der Waals surface area contributed by atoms with E-state index in [-0.39, 0.29) is 18.5 Å². The first-order valence-corrected chi connectivity index (χ1v) is 16.9. The molecule has 2 aliphatic heterocycles. The summed E-state index contributed by atoms with van der Waals surface area (Å²) >= 11 is 6.42. The van der Waals surface area contributed by atoms with Crippen molar-refractivity contribution in [3.05, 3.63) is 107 Å². The average Bonchev–Trinajstić information content (AvgIpc) is 3.74. The number of carbonyl (C=O) groups excluding carboxylic acids is 3. The highest BCUT2D eigenvalue weighted by molar-refractivity contribution is 6.30. The fraction of sp³-hybridized carbons (Fsp3) is 0.289. The number of hydrogen-bond acceptors (Lipinski definition) is 7. The van der Waals surface area contributed by atoms with E-state index in [9.17, 15) is 14.4 Å². The molecule has 3 amide bonds. The lowest BCUT2D eigenvalue weighted by Gasteiger charge is -2.35. The fourth-order valence-corrected chi connectivity index (χ4v) is 7.10. The van der Waals surface area contributed by atoms with Crippen molar-refractivity contribution in [2.75, 3.05) is 25.5 Å². The third kappa shape index (κ3) is 6.59. The molecule has 13 heteroatoms. The Morgan fingerprint density at radius 2 is 1.71 bits per heavy atom. The Morgan fingerprint density at radius 3 is 2.45 bits per heavy atom. The number of nitrogens with zero attached hydrogens (tertiary/aromatic N) is 5. The monoisotopic (exact) mass is 710 g/mol. The van der Waals surface area contributed by atoms with Crippen LogP contribution in [0.3, 0.4) is 0 Å². The Kier molecular flexibility index (Phi) is 8.88. The molecule has 0 spiro atoms. The molecule has 0 saturated carbocycles. The molecule has 51 heavy (non-hydrogen) atoms. The van der Waals surface area contributed by atoms with E-state index in [1.165, 1.54) is 15.9 Å². The zero-order valence-electron chi connectivity index (χ0n) is 28.5. The smallest absolute Gasteiger partial charge is 0.411 e. The van der Waals surface area contributed by atoms with Gasteiger partial charge in [-0.3, -0.25) is 14.5 Å². The molecule has 1 aromatic heterocycles. The first-order valence-electron chi connectivity index (χ1n) is 16.5. The predicted octanol–water partition coefficient (Wildman–Crippen LogP) is 7.02. The minimum atomic E-state index is -1.08. The lowest BCUT2D eigenvalue weighted by Crippen LogP contribution is -2.51. The van der Waals surface area contributed by atoms with Crippen LogP contribution in [0.15, 0.2) is 85.1 Å². The molecule has 11 nitrogen and oxygen atoms in total.